The number of urea groups is 1. The van der Waals surface area contributed by atoms with E-state index in [0.29, 0.717) is 17.4 Å². The molecule has 1 N–H and O–H groups in total. The molecule has 1 unspecified atom stereocenters. The zero-order chi connectivity index (χ0) is 16.1. The minimum absolute atomic E-state index is 0.0169. The Kier molecular flexibility index (Phi) is 6.44. The van der Waals surface area contributed by atoms with Crippen LogP contribution in [0.1, 0.15) is 44.0 Å². The predicted molar refractivity (Wildman–Crippen MR) is 93.7 cm³/mol. The lowest BCUT2D eigenvalue weighted by molar-refractivity contribution is 0.181. The minimum Gasteiger partial charge on any atom is -0.330 e. The summed E-state index contributed by atoms with van der Waals surface area (Å²) in [7, 11) is 1.17. The Balaban J connectivity index is 1.96. The summed E-state index contributed by atoms with van der Waals surface area (Å²) in [5, 5.41) is 5.23. The number of nitrogens with one attached hydrogen (secondary N) is 1. The molecule has 1 aromatic heterocycles. The highest BCUT2D eigenvalue weighted by Crippen LogP contribution is 2.26. The second-order valence-electron chi connectivity index (χ2n) is 6.34. The topological polar surface area (TPSA) is 49.4 Å². The number of hydrogen-bond acceptors (Lipinski definition) is 3. The normalized spacial score (nSPS) is 23.3. The lowest BCUT2D eigenvalue weighted by Gasteiger charge is -2.32. The molecule has 2 heterocycles. The van der Waals surface area contributed by atoms with Gasteiger partial charge in [0.2, 0.25) is 0 Å². The van der Waals surface area contributed by atoms with Crippen molar-refractivity contribution in [1.82, 2.24) is 10.2 Å². The van der Waals surface area contributed by atoms with Crippen molar-refractivity contribution < 1.29 is 9.00 Å². The summed E-state index contributed by atoms with van der Waals surface area (Å²) in [5.74, 6) is 1.94. The minimum atomic E-state index is -0.690. The van der Waals surface area contributed by atoms with Crippen molar-refractivity contribution in [2.45, 2.75) is 45.2 Å². The molecule has 1 fully saturated rings. The molecule has 4 nitrogen and oxygen atoms in total. The Morgan fingerprint density at radius 2 is 2.14 bits per heavy atom. The first-order valence-electron chi connectivity index (χ1n) is 7.89. The summed E-state index contributed by atoms with van der Waals surface area (Å²) in [4.78, 5) is 15.6. The molecule has 0 bridgehead atoms. The van der Waals surface area contributed by atoms with Crippen molar-refractivity contribution in [3.8, 4) is 0 Å². The van der Waals surface area contributed by atoms with Crippen LogP contribution in [0.4, 0.5) is 4.79 Å². The molecule has 0 aliphatic carbocycles. The first-order valence-corrected chi connectivity index (χ1v) is 10.3. The Morgan fingerprint density at radius 3 is 2.68 bits per heavy atom. The van der Waals surface area contributed by atoms with E-state index in [2.05, 4.69) is 30.6 Å². The molecule has 1 aromatic rings. The Morgan fingerprint density at radius 1 is 1.45 bits per heavy atom. The molecule has 1 atom stereocenters. The van der Waals surface area contributed by atoms with Gasteiger partial charge in [-0.15, -0.1) is 11.3 Å². The van der Waals surface area contributed by atoms with Crippen molar-refractivity contribution in [3.63, 3.8) is 0 Å². The maximum Gasteiger partial charge on any atom is 0.317 e. The van der Waals surface area contributed by atoms with Gasteiger partial charge in [-0.1, -0.05) is 19.9 Å². The molecular formula is C16H26N2O2S2. The fraction of sp³-hybridized carbons (Fsp3) is 0.688. The summed E-state index contributed by atoms with van der Waals surface area (Å²) >= 11 is 1.69. The van der Waals surface area contributed by atoms with Crippen LogP contribution in [0.2, 0.25) is 0 Å². The van der Waals surface area contributed by atoms with Crippen LogP contribution < -0.4 is 5.32 Å². The van der Waals surface area contributed by atoms with Gasteiger partial charge in [-0.05, 0) is 36.6 Å². The van der Waals surface area contributed by atoms with E-state index in [1.165, 1.54) is 4.88 Å². The highest BCUT2D eigenvalue weighted by molar-refractivity contribution is 7.85. The molecule has 1 saturated heterocycles. The highest BCUT2D eigenvalue weighted by Gasteiger charge is 2.26. The SMILES string of the molecule is CC(C)CC(NC(=O)N(C)C1CCS(=O)CC1)c1cccs1. The van der Waals surface area contributed by atoms with Gasteiger partial charge in [-0.3, -0.25) is 4.21 Å². The van der Waals surface area contributed by atoms with Crippen molar-refractivity contribution in [3.05, 3.63) is 22.4 Å². The third-order valence-corrected chi connectivity index (χ3v) is 6.49. The molecule has 2 rings (SSSR count). The summed E-state index contributed by atoms with van der Waals surface area (Å²) in [5.41, 5.74) is 0. The maximum absolute atomic E-state index is 12.6. The van der Waals surface area contributed by atoms with Gasteiger partial charge in [0.25, 0.3) is 0 Å². The Bertz CT molecular complexity index is 492. The molecule has 0 aromatic carbocycles. The quantitative estimate of drug-likeness (QED) is 0.892. The van der Waals surface area contributed by atoms with Gasteiger partial charge in [0.15, 0.2) is 0 Å². The van der Waals surface area contributed by atoms with E-state index in [1.807, 2.05) is 13.1 Å². The van der Waals surface area contributed by atoms with Gasteiger partial charge in [0, 0.05) is 40.3 Å². The van der Waals surface area contributed by atoms with E-state index in [4.69, 9.17) is 0 Å². The standard InChI is InChI=1S/C16H26N2O2S2/c1-12(2)11-14(15-5-4-8-21-15)17-16(19)18(3)13-6-9-22(20)10-7-13/h4-5,8,12-14H,6-7,9-11H2,1-3H3,(H,17,19). The number of nitrogens with zero attached hydrogens (tertiary/aromatic N) is 1. The second kappa shape index (κ2) is 8.11. The van der Waals surface area contributed by atoms with Crippen LogP contribution in [0.15, 0.2) is 17.5 Å². The number of thiophene rings is 1. The molecule has 2 amide bonds. The van der Waals surface area contributed by atoms with E-state index in [0.717, 1.165) is 19.3 Å². The number of carbonyl (C=O) groups is 1. The zero-order valence-electron chi connectivity index (χ0n) is 13.6. The Labute approximate surface area is 139 Å². The lowest BCUT2D eigenvalue weighted by Crippen LogP contribution is -2.47. The first-order chi connectivity index (χ1) is 10.5. The van der Waals surface area contributed by atoms with Gasteiger partial charge in [0.05, 0.1) is 6.04 Å². The fourth-order valence-electron chi connectivity index (χ4n) is 2.79. The Hall–Kier alpha value is -0.880. The van der Waals surface area contributed by atoms with E-state index in [-0.39, 0.29) is 18.1 Å². The molecule has 0 spiro atoms. The fourth-order valence-corrected chi connectivity index (χ4v) is 4.86. The van der Waals surface area contributed by atoms with E-state index < -0.39 is 10.8 Å². The summed E-state index contributed by atoms with van der Waals surface area (Å²) in [6.45, 7) is 4.35. The maximum atomic E-state index is 12.6. The third kappa shape index (κ3) is 4.81. The molecule has 6 heteroatoms. The van der Waals surface area contributed by atoms with Crippen molar-refractivity contribution >= 4 is 28.2 Å². The largest absolute Gasteiger partial charge is 0.330 e. The first kappa shape index (κ1) is 17.5. The van der Waals surface area contributed by atoms with Crippen molar-refractivity contribution in [2.75, 3.05) is 18.6 Å². The zero-order valence-corrected chi connectivity index (χ0v) is 15.2. The van der Waals surface area contributed by atoms with Gasteiger partial charge >= 0.3 is 6.03 Å². The number of carbonyl (C=O) groups excluding carboxylic acids is 1. The molecule has 22 heavy (non-hydrogen) atoms. The number of rotatable bonds is 5. The molecule has 1 aliphatic heterocycles. The van der Waals surface area contributed by atoms with Crippen LogP contribution in [0.3, 0.4) is 0 Å². The van der Waals surface area contributed by atoms with Gasteiger partial charge in [-0.25, -0.2) is 4.79 Å². The monoisotopic (exact) mass is 342 g/mol. The van der Waals surface area contributed by atoms with Crippen LogP contribution in [-0.2, 0) is 10.8 Å². The molecule has 0 radical (unpaired) electrons. The number of hydrogen-bond donors (Lipinski definition) is 1. The van der Waals surface area contributed by atoms with Crippen molar-refractivity contribution in [1.29, 1.82) is 0 Å². The van der Waals surface area contributed by atoms with E-state index >= 15 is 0 Å². The lowest BCUT2D eigenvalue weighted by atomic mass is 10.0. The molecular weight excluding hydrogens is 316 g/mol. The highest BCUT2D eigenvalue weighted by atomic mass is 32.2. The average molecular weight is 343 g/mol. The predicted octanol–water partition coefficient (Wildman–Crippen LogP) is 3.39. The van der Waals surface area contributed by atoms with Gasteiger partial charge in [-0.2, -0.15) is 0 Å². The van der Waals surface area contributed by atoms with Crippen LogP contribution >= 0.6 is 11.3 Å². The summed E-state index contributed by atoms with van der Waals surface area (Å²) in [6, 6.07) is 4.38. The van der Waals surface area contributed by atoms with Crippen LogP contribution in [0, 0.1) is 5.92 Å². The molecule has 0 saturated carbocycles. The van der Waals surface area contributed by atoms with Crippen molar-refractivity contribution in [2.24, 2.45) is 5.92 Å². The summed E-state index contributed by atoms with van der Waals surface area (Å²) in [6.07, 6.45) is 2.61. The van der Waals surface area contributed by atoms with Gasteiger partial charge in [0.1, 0.15) is 0 Å². The molecule has 124 valence electrons. The van der Waals surface area contributed by atoms with Crippen LogP contribution in [0.5, 0.6) is 0 Å². The van der Waals surface area contributed by atoms with Gasteiger partial charge < -0.3 is 10.2 Å². The molecule has 1 aliphatic rings. The third-order valence-electron chi connectivity index (χ3n) is 4.12. The second-order valence-corrected chi connectivity index (χ2v) is 9.01. The van der Waals surface area contributed by atoms with Crippen LogP contribution in [-0.4, -0.2) is 39.7 Å². The smallest absolute Gasteiger partial charge is 0.317 e. The van der Waals surface area contributed by atoms with E-state index in [9.17, 15) is 9.00 Å². The average Bonchev–Trinajstić information content (AvgIpc) is 3.00. The van der Waals surface area contributed by atoms with Crippen LogP contribution in [0.25, 0.3) is 0 Å². The number of amides is 2. The van der Waals surface area contributed by atoms with E-state index in [1.54, 1.807) is 16.2 Å². The summed E-state index contributed by atoms with van der Waals surface area (Å²) < 4.78 is 11.4.